The molecular formula is C15H27N3O3. The number of carboxylic acid groups (broad SMARTS) is 1. The lowest BCUT2D eigenvalue weighted by atomic mass is 9.75. The van der Waals surface area contributed by atoms with E-state index in [0.29, 0.717) is 32.4 Å². The van der Waals surface area contributed by atoms with Crippen molar-refractivity contribution in [1.29, 1.82) is 0 Å². The Morgan fingerprint density at radius 3 is 2.43 bits per heavy atom. The second-order valence-electron chi connectivity index (χ2n) is 6.30. The molecule has 2 fully saturated rings. The van der Waals surface area contributed by atoms with E-state index in [-0.39, 0.29) is 12.1 Å². The highest BCUT2D eigenvalue weighted by Crippen LogP contribution is 2.36. The number of amides is 2. The topological polar surface area (TPSA) is 81.7 Å². The highest BCUT2D eigenvalue weighted by atomic mass is 16.4. The lowest BCUT2D eigenvalue weighted by molar-refractivity contribution is -0.152. The Kier molecular flexibility index (Phi) is 5.45. The molecule has 120 valence electrons. The molecule has 2 saturated heterocycles. The number of urea groups is 1. The van der Waals surface area contributed by atoms with Gasteiger partial charge in [0.1, 0.15) is 0 Å². The third-order valence-electron chi connectivity index (χ3n) is 4.86. The summed E-state index contributed by atoms with van der Waals surface area (Å²) in [5.41, 5.74) is -0.625. The van der Waals surface area contributed by atoms with Crippen LogP contribution in [0.15, 0.2) is 0 Å². The fourth-order valence-electron chi connectivity index (χ4n) is 3.42. The maximum atomic E-state index is 12.3. The Bertz CT molecular complexity index is 372. The lowest BCUT2D eigenvalue weighted by Crippen LogP contribution is -2.52. The Morgan fingerprint density at radius 1 is 1.29 bits per heavy atom. The zero-order valence-electron chi connectivity index (χ0n) is 12.9. The first kappa shape index (κ1) is 16.1. The average molecular weight is 297 g/mol. The first-order valence-electron chi connectivity index (χ1n) is 8.07. The fourth-order valence-corrected chi connectivity index (χ4v) is 3.42. The van der Waals surface area contributed by atoms with Crippen molar-refractivity contribution in [2.45, 2.75) is 51.5 Å². The minimum Gasteiger partial charge on any atom is -0.481 e. The predicted octanol–water partition coefficient (Wildman–Crippen LogP) is 1.41. The molecule has 2 amide bonds. The molecule has 21 heavy (non-hydrogen) atoms. The van der Waals surface area contributed by atoms with Crippen molar-refractivity contribution in [2.24, 2.45) is 5.41 Å². The number of aliphatic carboxylic acids is 1. The van der Waals surface area contributed by atoms with Crippen LogP contribution in [0, 0.1) is 5.41 Å². The van der Waals surface area contributed by atoms with Crippen molar-refractivity contribution in [2.75, 3.05) is 26.2 Å². The summed E-state index contributed by atoms with van der Waals surface area (Å²) in [4.78, 5) is 25.6. The number of carboxylic acids is 1. The van der Waals surface area contributed by atoms with Gasteiger partial charge in [-0.15, -0.1) is 0 Å². The maximum absolute atomic E-state index is 12.3. The second-order valence-corrected chi connectivity index (χ2v) is 6.30. The van der Waals surface area contributed by atoms with Gasteiger partial charge >= 0.3 is 12.0 Å². The van der Waals surface area contributed by atoms with Gasteiger partial charge in [0.05, 0.1) is 5.41 Å². The van der Waals surface area contributed by atoms with E-state index in [0.717, 1.165) is 32.4 Å². The molecule has 2 aliphatic heterocycles. The Hall–Kier alpha value is -1.30. The van der Waals surface area contributed by atoms with Crippen LogP contribution in [0.1, 0.15) is 45.4 Å². The Labute approximate surface area is 126 Å². The van der Waals surface area contributed by atoms with Crippen LogP contribution >= 0.6 is 0 Å². The van der Waals surface area contributed by atoms with E-state index in [4.69, 9.17) is 0 Å². The van der Waals surface area contributed by atoms with Gasteiger partial charge in [0.2, 0.25) is 0 Å². The van der Waals surface area contributed by atoms with Crippen LogP contribution in [-0.2, 0) is 4.79 Å². The molecule has 0 aliphatic carbocycles. The van der Waals surface area contributed by atoms with Crippen molar-refractivity contribution in [3.8, 4) is 0 Å². The van der Waals surface area contributed by atoms with Crippen LogP contribution in [0.4, 0.5) is 4.79 Å². The van der Waals surface area contributed by atoms with Gasteiger partial charge in [-0.1, -0.05) is 13.3 Å². The number of carbonyl (C=O) groups is 2. The molecule has 0 unspecified atom stereocenters. The highest BCUT2D eigenvalue weighted by molar-refractivity contribution is 5.77. The average Bonchev–Trinajstić information content (AvgIpc) is 2.49. The van der Waals surface area contributed by atoms with E-state index in [1.807, 2.05) is 6.92 Å². The number of carbonyl (C=O) groups excluding carboxylic acids is 1. The lowest BCUT2D eigenvalue weighted by Gasteiger charge is -2.39. The van der Waals surface area contributed by atoms with E-state index in [2.05, 4.69) is 10.6 Å². The molecule has 2 heterocycles. The van der Waals surface area contributed by atoms with E-state index in [1.54, 1.807) is 4.90 Å². The quantitative estimate of drug-likeness (QED) is 0.733. The zero-order chi connectivity index (χ0) is 15.3. The smallest absolute Gasteiger partial charge is 0.317 e. The first-order chi connectivity index (χ1) is 10.1. The number of nitrogens with one attached hydrogen (secondary N) is 2. The van der Waals surface area contributed by atoms with E-state index in [9.17, 15) is 14.7 Å². The monoisotopic (exact) mass is 297 g/mol. The summed E-state index contributed by atoms with van der Waals surface area (Å²) >= 11 is 0. The summed E-state index contributed by atoms with van der Waals surface area (Å²) in [7, 11) is 0. The van der Waals surface area contributed by atoms with Crippen molar-refractivity contribution in [1.82, 2.24) is 15.5 Å². The predicted molar refractivity (Wildman–Crippen MR) is 80.2 cm³/mol. The van der Waals surface area contributed by atoms with Crippen LogP contribution in [0.2, 0.25) is 0 Å². The maximum Gasteiger partial charge on any atom is 0.317 e. The Morgan fingerprint density at radius 2 is 1.90 bits per heavy atom. The molecule has 0 bridgehead atoms. The minimum absolute atomic E-state index is 0.0302. The summed E-state index contributed by atoms with van der Waals surface area (Å²) in [5, 5.41) is 15.8. The molecule has 0 spiro atoms. The number of hydrogen-bond acceptors (Lipinski definition) is 3. The molecule has 6 nitrogen and oxygen atoms in total. The van der Waals surface area contributed by atoms with Gasteiger partial charge < -0.3 is 20.6 Å². The zero-order valence-corrected chi connectivity index (χ0v) is 12.9. The molecule has 0 radical (unpaired) electrons. The van der Waals surface area contributed by atoms with Crippen LogP contribution in [0.3, 0.4) is 0 Å². The summed E-state index contributed by atoms with van der Waals surface area (Å²) < 4.78 is 0. The number of rotatable bonds is 4. The summed E-state index contributed by atoms with van der Waals surface area (Å²) in [5.74, 6) is -0.706. The van der Waals surface area contributed by atoms with E-state index >= 15 is 0 Å². The summed E-state index contributed by atoms with van der Waals surface area (Å²) in [6, 6.07) is 0.220. The molecule has 0 saturated carbocycles. The third kappa shape index (κ3) is 3.87. The van der Waals surface area contributed by atoms with Gasteiger partial charge in [0.15, 0.2) is 0 Å². The fraction of sp³-hybridized carbons (Fsp3) is 0.867. The van der Waals surface area contributed by atoms with Crippen molar-refractivity contribution in [3.63, 3.8) is 0 Å². The molecular weight excluding hydrogens is 270 g/mol. The van der Waals surface area contributed by atoms with E-state index < -0.39 is 11.4 Å². The first-order valence-corrected chi connectivity index (χ1v) is 8.07. The third-order valence-corrected chi connectivity index (χ3v) is 4.86. The highest BCUT2D eigenvalue weighted by Gasteiger charge is 2.41. The second kappa shape index (κ2) is 7.11. The van der Waals surface area contributed by atoms with Gasteiger partial charge in [0, 0.05) is 19.1 Å². The molecule has 3 N–H and O–H groups in total. The Balaban J connectivity index is 1.84. The molecule has 6 heteroatoms. The van der Waals surface area contributed by atoms with Crippen LogP contribution in [-0.4, -0.2) is 54.2 Å². The number of piperidine rings is 2. The standard InChI is InChI=1S/C15H27N3O3/c1-2-5-15(13(19)20)6-10-18(11-7-15)14(21)17-12-3-8-16-9-4-12/h12,16H,2-11H2,1H3,(H,17,21)(H,19,20). The molecule has 2 rings (SSSR count). The SMILES string of the molecule is CCCC1(C(=O)O)CCN(C(=O)NC2CCNCC2)CC1. The van der Waals surface area contributed by atoms with Gasteiger partial charge in [-0.3, -0.25) is 4.79 Å². The van der Waals surface area contributed by atoms with Crippen molar-refractivity contribution >= 4 is 12.0 Å². The number of likely N-dealkylation sites (tertiary alicyclic amines) is 1. The molecule has 2 aliphatic rings. The van der Waals surface area contributed by atoms with Gasteiger partial charge in [-0.25, -0.2) is 4.79 Å². The van der Waals surface area contributed by atoms with Gasteiger partial charge in [-0.05, 0) is 45.2 Å². The molecule has 0 aromatic carbocycles. The molecule has 0 atom stereocenters. The number of nitrogens with zero attached hydrogens (tertiary/aromatic N) is 1. The summed E-state index contributed by atoms with van der Waals surface area (Å²) in [6.07, 6.45) is 4.63. The molecule has 0 aromatic rings. The van der Waals surface area contributed by atoms with Crippen LogP contribution in [0.5, 0.6) is 0 Å². The van der Waals surface area contributed by atoms with Crippen molar-refractivity contribution in [3.05, 3.63) is 0 Å². The van der Waals surface area contributed by atoms with Crippen molar-refractivity contribution < 1.29 is 14.7 Å². The van der Waals surface area contributed by atoms with Gasteiger partial charge in [0.25, 0.3) is 0 Å². The van der Waals surface area contributed by atoms with Gasteiger partial charge in [-0.2, -0.15) is 0 Å². The molecule has 0 aromatic heterocycles. The van der Waals surface area contributed by atoms with Crippen LogP contribution in [0.25, 0.3) is 0 Å². The van der Waals surface area contributed by atoms with Crippen LogP contribution < -0.4 is 10.6 Å². The summed E-state index contributed by atoms with van der Waals surface area (Å²) in [6.45, 7) is 5.00. The normalized spacial score (nSPS) is 22.8. The minimum atomic E-state index is -0.706. The largest absolute Gasteiger partial charge is 0.481 e. The number of hydrogen-bond donors (Lipinski definition) is 3. The van der Waals surface area contributed by atoms with E-state index in [1.165, 1.54) is 0 Å².